The van der Waals surface area contributed by atoms with Crippen LogP contribution in [0, 0.1) is 0 Å². The second kappa shape index (κ2) is 5.38. The van der Waals surface area contributed by atoms with E-state index in [0.717, 1.165) is 0 Å². The Morgan fingerprint density at radius 1 is 1.44 bits per heavy atom. The zero-order valence-corrected chi connectivity index (χ0v) is 9.69. The van der Waals surface area contributed by atoms with Gasteiger partial charge < -0.3 is 9.73 Å². The van der Waals surface area contributed by atoms with Crippen molar-refractivity contribution in [3.63, 3.8) is 0 Å². The zero-order valence-electron chi connectivity index (χ0n) is 8.10. The van der Waals surface area contributed by atoms with Crippen molar-refractivity contribution in [2.75, 3.05) is 6.54 Å². The number of carbonyl (C=O) groups excluding carboxylic acids is 1. The lowest BCUT2D eigenvalue weighted by molar-refractivity contribution is -0.135. The molecule has 1 aromatic rings. The zero-order chi connectivity index (χ0) is 12.2. The van der Waals surface area contributed by atoms with E-state index in [1.165, 1.54) is 12.1 Å². The molecule has 0 radical (unpaired) electrons. The highest BCUT2D eigenvalue weighted by molar-refractivity contribution is 9.10. The average Bonchev–Trinajstić information content (AvgIpc) is 2.57. The normalized spacial score (nSPS) is 11.5. The number of halogens is 4. The Kier molecular flexibility index (Phi) is 4.40. The van der Waals surface area contributed by atoms with Crippen LogP contribution in [-0.4, -0.2) is 18.6 Å². The fourth-order valence-electron chi connectivity index (χ4n) is 1.01. The maximum atomic E-state index is 11.8. The van der Waals surface area contributed by atoms with Crippen LogP contribution in [0.15, 0.2) is 21.2 Å². The number of hydrogen-bond acceptors (Lipinski definition) is 2. The molecule has 0 aromatic carbocycles. The van der Waals surface area contributed by atoms with Gasteiger partial charge in [0, 0.05) is 13.0 Å². The SMILES string of the molecule is O=C(NCCCC(F)(F)F)c1ccc(Br)o1. The van der Waals surface area contributed by atoms with Crippen molar-refractivity contribution in [1.82, 2.24) is 5.32 Å². The molecule has 1 N–H and O–H groups in total. The van der Waals surface area contributed by atoms with Crippen LogP contribution in [0.4, 0.5) is 13.2 Å². The number of amides is 1. The summed E-state index contributed by atoms with van der Waals surface area (Å²) in [6.07, 6.45) is -5.23. The quantitative estimate of drug-likeness (QED) is 0.868. The van der Waals surface area contributed by atoms with E-state index in [1.54, 1.807) is 0 Å². The molecule has 0 bridgehead atoms. The summed E-state index contributed by atoms with van der Waals surface area (Å²) in [6.45, 7) is -0.0311. The van der Waals surface area contributed by atoms with Crippen molar-refractivity contribution < 1.29 is 22.4 Å². The molecule has 0 aliphatic rings. The molecule has 1 heterocycles. The molecule has 0 atom stereocenters. The van der Waals surface area contributed by atoms with Gasteiger partial charge in [0.2, 0.25) is 0 Å². The Morgan fingerprint density at radius 2 is 2.12 bits per heavy atom. The first kappa shape index (κ1) is 13.1. The van der Waals surface area contributed by atoms with Crippen LogP contribution in [0.25, 0.3) is 0 Å². The van der Waals surface area contributed by atoms with E-state index in [4.69, 9.17) is 4.42 Å². The van der Waals surface area contributed by atoms with Gasteiger partial charge in [-0.3, -0.25) is 4.79 Å². The number of hydrogen-bond donors (Lipinski definition) is 1. The summed E-state index contributed by atoms with van der Waals surface area (Å²) in [4.78, 5) is 11.3. The monoisotopic (exact) mass is 299 g/mol. The Hall–Kier alpha value is -0.980. The van der Waals surface area contributed by atoms with Crippen LogP contribution >= 0.6 is 15.9 Å². The first-order valence-electron chi connectivity index (χ1n) is 4.49. The number of carbonyl (C=O) groups is 1. The molecule has 90 valence electrons. The maximum Gasteiger partial charge on any atom is 0.389 e. The highest BCUT2D eigenvalue weighted by atomic mass is 79.9. The molecule has 3 nitrogen and oxygen atoms in total. The predicted octanol–water partition coefficient (Wildman–Crippen LogP) is 3.11. The summed E-state index contributed by atoms with van der Waals surface area (Å²) in [6, 6.07) is 2.97. The lowest BCUT2D eigenvalue weighted by atomic mass is 10.3. The third kappa shape index (κ3) is 4.69. The molecule has 1 aromatic heterocycles. The number of furan rings is 1. The largest absolute Gasteiger partial charge is 0.444 e. The average molecular weight is 300 g/mol. The molecule has 0 saturated carbocycles. The van der Waals surface area contributed by atoms with Gasteiger partial charge in [0.25, 0.3) is 5.91 Å². The van der Waals surface area contributed by atoms with Gasteiger partial charge in [0.1, 0.15) is 0 Å². The minimum absolute atomic E-state index is 0.0311. The molecule has 1 rings (SSSR count). The van der Waals surface area contributed by atoms with Gasteiger partial charge in [-0.1, -0.05) is 0 Å². The van der Waals surface area contributed by atoms with Gasteiger partial charge >= 0.3 is 6.18 Å². The first-order valence-corrected chi connectivity index (χ1v) is 5.28. The van der Waals surface area contributed by atoms with Gasteiger partial charge in [-0.2, -0.15) is 13.2 Å². The van der Waals surface area contributed by atoms with Crippen molar-refractivity contribution in [3.05, 3.63) is 22.6 Å². The molecule has 0 unspecified atom stereocenters. The molecular formula is C9H9BrF3NO2. The van der Waals surface area contributed by atoms with Crippen molar-refractivity contribution in [3.8, 4) is 0 Å². The third-order valence-corrected chi connectivity index (χ3v) is 2.15. The number of nitrogens with one attached hydrogen (secondary N) is 1. The van der Waals surface area contributed by atoms with Gasteiger partial charge in [-0.25, -0.2) is 0 Å². The summed E-state index contributed by atoms with van der Waals surface area (Å²) in [5.41, 5.74) is 0. The molecule has 0 spiro atoms. The van der Waals surface area contributed by atoms with E-state index in [-0.39, 0.29) is 18.7 Å². The molecule has 0 saturated heterocycles. The van der Waals surface area contributed by atoms with E-state index >= 15 is 0 Å². The standard InChI is InChI=1S/C9H9BrF3NO2/c10-7-3-2-6(16-7)8(15)14-5-1-4-9(11,12)13/h2-3H,1,4-5H2,(H,14,15). The smallest absolute Gasteiger partial charge is 0.389 e. The fourth-order valence-corrected chi connectivity index (χ4v) is 1.32. The minimum Gasteiger partial charge on any atom is -0.444 e. The molecule has 16 heavy (non-hydrogen) atoms. The summed E-state index contributed by atoms with van der Waals surface area (Å²) in [7, 11) is 0. The second-order valence-electron chi connectivity index (χ2n) is 3.08. The topological polar surface area (TPSA) is 42.2 Å². The van der Waals surface area contributed by atoms with E-state index in [1.807, 2.05) is 0 Å². The lowest BCUT2D eigenvalue weighted by Crippen LogP contribution is -2.25. The van der Waals surface area contributed by atoms with Crippen molar-refractivity contribution in [1.29, 1.82) is 0 Å². The van der Waals surface area contributed by atoms with E-state index in [9.17, 15) is 18.0 Å². The van der Waals surface area contributed by atoms with E-state index in [0.29, 0.717) is 4.67 Å². The Bertz CT molecular complexity index is 362. The maximum absolute atomic E-state index is 11.8. The summed E-state index contributed by atoms with van der Waals surface area (Å²) in [5.74, 6) is -0.452. The molecule has 0 aliphatic heterocycles. The molecule has 1 amide bonds. The predicted molar refractivity (Wildman–Crippen MR) is 54.0 cm³/mol. The van der Waals surface area contributed by atoms with Crippen LogP contribution in [0.1, 0.15) is 23.4 Å². The summed E-state index contributed by atoms with van der Waals surface area (Å²) in [5, 5.41) is 2.33. The van der Waals surface area contributed by atoms with E-state index < -0.39 is 18.5 Å². The Morgan fingerprint density at radius 3 is 2.62 bits per heavy atom. The Balaban J connectivity index is 2.26. The molecule has 0 fully saturated rings. The second-order valence-corrected chi connectivity index (χ2v) is 3.86. The molecular weight excluding hydrogens is 291 g/mol. The fraction of sp³-hybridized carbons (Fsp3) is 0.444. The first-order chi connectivity index (χ1) is 7.38. The van der Waals surface area contributed by atoms with Crippen LogP contribution < -0.4 is 5.32 Å². The summed E-state index contributed by atoms with van der Waals surface area (Å²) < 4.78 is 40.6. The highest BCUT2D eigenvalue weighted by Crippen LogP contribution is 2.20. The molecule has 0 aliphatic carbocycles. The lowest BCUT2D eigenvalue weighted by Gasteiger charge is -2.06. The van der Waals surface area contributed by atoms with Gasteiger partial charge in [-0.05, 0) is 34.5 Å². The molecule has 7 heteroatoms. The third-order valence-electron chi connectivity index (χ3n) is 1.72. The van der Waals surface area contributed by atoms with Gasteiger partial charge in [0.05, 0.1) is 0 Å². The van der Waals surface area contributed by atoms with Crippen molar-refractivity contribution >= 4 is 21.8 Å². The Labute approximate surface area is 98.1 Å². The van der Waals surface area contributed by atoms with Crippen molar-refractivity contribution in [2.24, 2.45) is 0 Å². The van der Waals surface area contributed by atoms with E-state index in [2.05, 4.69) is 21.2 Å². The van der Waals surface area contributed by atoms with Crippen LogP contribution in [0.2, 0.25) is 0 Å². The number of alkyl halides is 3. The minimum atomic E-state index is -4.18. The van der Waals surface area contributed by atoms with Crippen LogP contribution in [0.3, 0.4) is 0 Å². The van der Waals surface area contributed by atoms with Crippen LogP contribution in [0.5, 0.6) is 0 Å². The highest BCUT2D eigenvalue weighted by Gasteiger charge is 2.26. The van der Waals surface area contributed by atoms with Crippen LogP contribution in [-0.2, 0) is 0 Å². The van der Waals surface area contributed by atoms with Crippen molar-refractivity contribution in [2.45, 2.75) is 19.0 Å². The van der Waals surface area contributed by atoms with Gasteiger partial charge in [-0.15, -0.1) is 0 Å². The van der Waals surface area contributed by atoms with Gasteiger partial charge in [0.15, 0.2) is 10.4 Å². The summed E-state index contributed by atoms with van der Waals surface area (Å²) >= 11 is 3.01. The number of rotatable bonds is 4.